The fraction of sp³-hybridized carbons (Fsp3) is 0.235. The van der Waals surface area contributed by atoms with E-state index in [1.165, 1.54) is 10.5 Å². The molecule has 1 amide bonds. The van der Waals surface area contributed by atoms with Gasteiger partial charge in [0.1, 0.15) is 6.54 Å². The molecule has 2 aromatic rings. The van der Waals surface area contributed by atoms with E-state index >= 15 is 0 Å². The number of hydrogen-bond acceptors (Lipinski definition) is 2. The van der Waals surface area contributed by atoms with E-state index in [9.17, 15) is 4.79 Å². The van der Waals surface area contributed by atoms with Gasteiger partial charge in [-0.15, -0.1) is 11.8 Å². The van der Waals surface area contributed by atoms with Crippen molar-refractivity contribution in [1.82, 2.24) is 0 Å². The second-order valence-corrected chi connectivity index (χ2v) is 7.05. The summed E-state index contributed by atoms with van der Waals surface area (Å²) in [5, 5.41) is 3.83. The SMILES string of the molecule is CSc1ccc(C[NH+](C)CC(=O)Nc2cc(Cl)ccc2Cl)cc1. The molecule has 6 heteroatoms. The number of nitrogens with one attached hydrogen (secondary N) is 2. The fourth-order valence-corrected chi connectivity index (χ4v) is 2.96. The first-order chi connectivity index (χ1) is 11.0. The van der Waals surface area contributed by atoms with E-state index in [2.05, 4.69) is 35.8 Å². The van der Waals surface area contributed by atoms with Gasteiger partial charge in [-0.1, -0.05) is 35.3 Å². The molecule has 2 rings (SSSR count). The summed E-state index contributed by atoms with van der Waals surface area (Å²) in [6, 6.07) is 13.4. The van der Waals surface area contributed by atoms with Gasteiger partial charge in [-0.3, -0.25) is 4.79 Å². The highest BCUT2D eigenvalue weighted by Gasteiger charge is 2.12. The van der Waals surface area contributed by atoms with Gasteiger partial charge >= 0.3 is 0 Å². The number of hydrogen-bond donors (Lipinski definition) is 2. The number of carbonyl (C=O) groups excluding carboxylic acids is 1. The number of likely N-dealkylation sites (N-methyl/N-ethyl adjacent to an activating group) is 1. The van der Waals surface area contributed by atoms with Gasteiger partial charge in [0.2, 0.25) is 0 Å². The Bertz CT molecular complexity index is 677. The second-order valence-electron chi connectivity index (χ2n) is 5.33. The zero-order valence-corrected chi connectivity index (χ0v) is 15.4. The molecule has 2 aromatic carbocycles. The molecule has 1 atom stereocenters. The maximum atomic E-state index is 12.1. The lowest BCUT2D eigenvalue weighted by Gasteiger charge is -2.14. The molecule has 0 spiro atoms. The standard InChI is InChI=1S/C17H18Cl2N2OS/c1-21(10-12-3-6-14(23-2)7-4-12)11-17(22)20-16-9-13(18)5-8-15(16)19/h3-9H,10-11H2,1-2H3,(H,20,22)/p+1. The Morgan fingerprint density at radius 3 is 2.52 bits per heavy atom. The first-order valence-corrected chi connectivity index (χ1v) is 9.15. The van der Waals surface area contributed by atoms with Gasteiger partial charge in [-0.2, -0.15) is 0 Å². The summed E-state index contributed by atoms with van der Waals surface area (Å²) in [5.74, 6) is -0.0904. The van der Waals surface area contributed by atoms with Crippen molar-refractivity contribution in [3.05, 3.63) is 58.1 Å². The Labute approximate surface area is 151 Å². The summed E-state index contributed by atoms with van der Waals surface area (Å²) >= 11 is 13.7. The van der Waals surface area contributed by atoms with Crippen molar-refractivity contribution in [2.45, 2.75) is 11.4 Å². The van der Waals surface area contributed by atoms with E-state index < -0.39 is 0 Å². The van der Waals surface area contributed by atoms with Crippen LogP contribution in [0.2, 0.25) is 10.0 Å². The van der Waals surface area contributed by atoms with Gasteiger partial charge in [0.15, 0.2) is 6.54 Å². The molecule has 0 radical (unpaired) electrons. The third kappa shape index (κ3) is 5.74. The van der Waals surface area contributed by atoms with E-state index in [0.717, 1.165) is 11.4 Å². The number of thioether (sulfide) groups is 1. The number of benzene rings is 2. The summed E-state index contributed by atoms with van der Waals surface area (Å²) in [4.78, 5) is 14.5. The van der Waals surface area contributed by atoms with Crippen molar-refractivity contribution in [1.29, 1.82) is 0 Å². The quantitative estimate of drug-likeness (QED) is 0.765. The summed E-state index contributed by atoms with van der Waals surface area (Å²) in [6.07, 6.45) is 2.05. The lowest BCUT2D eigenvalue weighted by Crippen LogP contribution is -3.08. The van der Waals surface area contributed by atoms with Crippen molar-refractivity contribution in [3.63, 3.8) is 0 Å². The van der Waals surface area contributed by atoms with Crippen molar-refractivity contribution in [2.75, 3.05) is 25.2 Å². The van der Waals surface area contributed by atoms with Gasteiger partial charge in [-0.25, -0.2) is 0 Å². The van der Waals surface area contributed by atoms with Gasteiger partial charge in [0.25, 0.3) is 5.91 Å². The molecular weight excluding hydrogens is 351 g/mol. The molecule has 0 saturated heterocycles. The van der Waals surface area contributed by atoms with E-state index in [0.29, 0.717) is 22.3 Å². The van der Waals surface area contributed by atoms with Crippen LogP contribution in [0.4, 0.5) is 5.69 Å². The zero-order chi connectivity index (χ0) is 16.8. The molecule has 0 bridgehead atoms. The van der Waals surface area contributed by atoms with Gasteiger partial charge < -0.3 is 10.2 Å². The Hall–Kier alpha value is -1.20. The molecule has 122 valence electrons. The molecule has 0 aromatic heterocycles. The molecule has 0 aliphatic rings. The highest BCUT2D eigenvalue weighted by atomic mass is 35.5. The summed E-state index contributed by atoms with van der Waals surface area (Å²) < 4.78 is 0. The normalized spacial score (nSPS) is 12.0. The first kappa shape index (κ1) is 18.1. The first-order valence-electron chi connectivity index (χ1n) is 7.17. The summed E-state index contributed by atoms with van der Waals surface area (Å²) in [7, 11) is 1.99. The van der Waals surface area contributed by atoms with Crippen LogP contribution < -0.4 is 10.2 Å². The minimum absolute atomic E-state index is 0.0904. The van der Waals surface area contributed by atoms with Crippen LogP contribution >= 0.6 is 35.0 Å². The van der Waals surface area contributed by atoms with E-state index in [4.69, 9.17) is 23.2 Å². The van der Waals surface area contributed by atoms with Gasteiger partial charge in [-0.05, 0) is 36.6 Å². The summed E-state index contributed by atoms with van der Waals surface area (Å²) in [6.45, 7) is 1.14. The van der Waals surface area contributed by atoms with Crippen LogP contribution in [0.25, 0.3) is 0 Å². The number of carbonyl (C=O) groups is 1. The second kappa shape index (κ2) is 8.60. The minimum Gasteiger partial charge on any atom is -0.326 e. The van der Waals surface area contributed by atoms with Crippen LogP contribution in [-0.4, -0.2) is 25.8 Å². The Balaban J connectivity index is 1.90. The average molecular weight is 370 g/mol. The molecule has 0 fully saturated rings. The largest absolute Gasteiger partial charge is 0.326 e. The van der Waals surface area contributed by atoms with Crippen LogP contribution in [0.5, 0.6) is 0 Å². The Morgan fingerprint density at radius 2 is 1.87 bits per heavy atom. The molecule has 0 aliphatic heterocycles. The molecule has 0 saturated carbocycles. The van der Waals surface area contributed by atoms with E-state index in [1.54, 1.807) is 30.0 Å². The van der Waals surface area contributed by atoms with Crippen LogP contribution in [0.15, 0.2) is 47.4 Å². The van der Waals surface area contributed by atoms with Crippen LogP contribution in [-0.2, 0) is 11.3 Å². The number of halogens is 2. The minimum atomic E-state index is -0.0904. The fourth-order valence-electron chi connectivity index (χ4n) is 2.22. The predicted molar refractivity (Wildman–Crippen MR) is 98.8 cm³/mol. The maximum Gasteiger partial charge on any atom is 0.279 e. The van der Waals surface area contributed by atoms with Crippen molar-refractivity contribution in [3.8, 4) is 0 Å². The highest BCUT2D eigenvalue weighted by Crippen LogP contribution is 2.25. The van der Waals surface area contributed by atoms with E-state index in [-0.39, 0.29) is 5.91 Å². The smallest absolute Gasteiger partial charge is 0.279 e. The van der Waals surface area contributed by atoms with Crippen molar-refractivity contribution < 1.29 is 9.69 Å². The van der Waals surface area contributed by atoms with Gasteiger partial charge in [0, 0.05) is 15.5 Å². The zero-order valence-electron chi connectivity index (χ0n) is 13.0. The van der Waals surface area contributed by atoms with E-state index in [1.807, 2.05) is 7.05 Å². The monoisotopic (exact) mass is 369 g/mol. The molecule has 1 unspecified atom stereocenters. The molecule has 0 aliphatic carbocycles. The lowest BCUT2D eigenvalue weighted by molar-refractivity contribution is -0.885. The molecule has 3 nitrogen and oxygen atoms in total. The maximum absolute atomic E-state index is 12.1. The molecule has 2 N–H and O–H groups in total. The number of amides is 1. The average Bonchev–Trinajstić information content (AvgIpc) is 2.51. The predicted octanol–water partition coefficient (Wildman–Crippen LogP) is 3.37. The third-order valence-electron chi connectivity index (χ3n) is 3.33. The Morgan fingerprint density at radius 1 is 1.17 bits per heavy atom. The molecular formula is C17H19Cl2N2OS+. The summed E-state index contributed by atoms with van der Waals surface area (Å²) in [5.41, 5.74) is 1.75. The number of anilines is 1. The lowest BCUT2D eigenvalue weighted by atomic mass is 10.2. The molecule has 0 heterocycles. The highest BCUT2D eigenvalue weighted by molar-refractivity contribution is 7.98. The van der Waals surface area contributed by atoms with Crippen LogP contribution in [0.1, 0.15) is 5.56 Å². The van der Waals surface area contributed by atoms with Crippen molar-refractivity contribution in [2.24, 2.45) is 0 Å². The van der Waals surface area contributed by atoms with Crippen molar-refractivity contribution >= 4 is 46.6 Å². The number of quaternary nitrogens is 1. The number of rotatable bonds is 6. The van der Waals surface area contributed by atoms with Crippen LogP contribution in [0, 0.1) is 0 Å². The van der Waals surface area contributed by atoms with Gasteiger partial charge in [0.05, 0.1) is 17.8 Å². The van der Waals surface area contributed by atoms with Crippen LogP contribution in [0.3, 0.4) is 0 Å². The topological polar surface area (TPSA) is 33.5 Å². The third-order valence-corrected chi connectivity index (χ3v) is 4.64. The molecule has 23 heavy (non-hydrogen) atoms. The Kier molecular flexibility index (Phi) is 6.78.